The summed E-state index contributed by atoms with van der Waals surface area (Å²) in [5.41, 5.74) is 19.9. The summed E-state index contributed by atoms with van der Waals surface area (Å²) in [6, 6.07) is 63.1. The van der Waals surface area contributed by atoms with Crippen LogP contribution in [0.4, 0.5) is 69.0 Å². The zero-order chi connectivity index (χ0) is 71.3. The Bertz CT molecular complexity index is 4710. The molecule has 0 amide bonds. The SMILES string of the molecule is Cc1ccoc1N(c1ccc(C23CC4CC(CC(C4)C2)C3)cc1)c1cc(N(c2ccc(C34CC5CC(CC(C5)C3)C4)cc2)c2occc2C)c2ccc3c(N(c4ccc(C56CC7CC(CC(C7)C5)C6)cc4)c4occc4C)cc(N(c4ccc(C56CC7CC(CC(C7)C5)C6)cc4)c4occc4C)c4ccc1c2c43. The van der Waals surface area contributed by atoms with Crippen molar-refractivity contribution in [1.82, 2.24) is 0 Å². The average Bonchev–Trinajstić information content (AvgIpc) is 1.19. The third kappa shape index (κ3) is 9.64. The molecule has 0 atom stereocenters. The largest absolute Gasteiger partial charge is 0.448 e. The summed E-state index contributed by atoms with van der Waals surface area (Å²) < 4.78 is 27.8. The Morgan fingerprint density at radius 2 is 0.407 bits per heavy atom. The van der Waals surface area contributed by atoms with Gasteiger partial charge in [-0.1, -0.05) is 72.8 Å². The summed E-state index contributed by atoms with van der Waals surface area (Å²) in [7, 11) is 0. The average molecular weight is 1420 g/mol. The molecule has 0 spiro atoms. The van der Waals surface area contributed by atoms with E-state index in [1.807, 2.05) is 25.1 Å². The van der Waals surface area contributed by atoms with Crippen molar-refractivity contribution in [3.63, 3.8) is 0 Å². The molecule has 546 valence electrons. The summed E-state index contributed by atoms with van der Waals surface area (Å²) in [5, 5.41) is 6.86. The Hall–Kier alpha value is -8.88. The lowest BCUT2D eigenvalue weighted by Gasteiger charge is -2.57. The first kappa shape index (κ1) is 64.0. The maximum atomic E-state index is 6.96. The van der Waals surface area contributed by atoms with Crippen molar-refractivity contribution in [1.29, 1.82) is 0 Å². The van der Waals surface area contributed by atoms with Crippen LogP contribution in [0.3, 0.4) is 0 Å². The fourth-order valence-electron chi connectivity index (χ4n) is 29.2. The van der Waals surface area contributed by atoms with Crippen molar-refractivity contribution < 1.29 is 17.7 Å². The van der Waals surface area contributed by atoms with Crippen LogP contribution in [-0.4, -0.2) is 0 Å². The molecule has 16 bridgehead atoms. The van der Waals surface area contributed by atoms with E-state index in [9.17, 15) is 0 Å². The van der Waals surface area contributed by atoms with Gasteiger partial charge in [0.25, 0.3) is 0 Å². The van der Waals surface area contributed by atoms with Crippen molar-refractivity contribution in [3.05, 3.63) is 227 Å². The summed E-state index contributed by atoms with van der Waals surface area (Å²) in [6.45, 7) is 8.88. The van der Waals surface area contributed by atoms with Crippen molar-refractivity contribution in [2.45, 2.75) is 203 Å². The van der Waals surface area contributed by atoms with Gasteiger partial charge in [-0.05, 0) is 382 Å². The molecule has 8 aromatic carbocycles. The van der Waals surface area contributed by atoms with Crippen LogP contribution in [0.25, 0.3) is 32.3 Å². The van der Waals surface area contributed by atoms with Crippen molar-refractivity contribution in [2.75, 3.05) is 19.6 Å². The van der Waals surface area contributed by atoms with Crippen molar-refractivity contribution >= 4 is 101 Å². The highest BCUT2D eigenvalue weighted by molar-refractivity contribution is 6.33. The Labute approximate surface area is 636 Å². The Balaban J connectivity index is 0.767. The number of hydrogen-bond acceptors (Lipinski definition) is 8. The first-order valence-electron chi connectivity index (χ1n) is 42.4. The van der Waals surface area contributed by atoms with Gasteiger partial charge in [0.05, 0.1) is 47.8 Å². The Morgan fingerprint density at radius 3 is 0.565 bits per heavy atom. The van der Waals surface area contributed by atoms with Crippen LogP contribution in [0.1, 0.15) is 199 Å². The molecule has 4 aromatic heterocycles. The van der Waals surface area contributed by atoms with E-state index in [1.165, 1.54) is 187 Å². The normalized spacial score (nSPS) is 32.1. The molecule has 16 saturated carbocycles. The number of hydrogen-bond donors (Lipinski definition) is 0. The lowest BCUT2D eigenvalue weighted by molar-refractivity contribution is -0.00530. The first-order chi connectivity index (χ1) is 52.8. The summed E-state index contributed by atoms with van der Waals surface area (Å²) in [5.74, 6) is 13.4. The second-order valence-corrected chi connectivity index (χ2v) is 38.9. The van der Waals surface area contributed by atoms with Crippen LogP contribution in [0, 0.1) is 98.7 Å². The summed E-state index contributed by atoms with van der Waals surface area (Å²) in [4.78, 5) is 9.86. The van der Waals surface area contributed by atoms with E-state index in [1.54, 1.807) is 0 Å². The fourth-order valence-corrected chi connectivity index (χ4v) is 29.2. The third-order valence-electron chi connectivity index (χ3n) is 32.0. The maximum Gasteiger partial charge on any atom is 0.207 e. The highest BCUT2D eigenvalue weighted by atomic mass is 16.4. The van der Waals surface area contributed by atoms with Gasteiger partial charge in [0.2, 0.25) is 23.5 Å². The van der Waals surface area contributed by atoms with Gasteiger partial charge in [-0.2, -0.15) is 0 Å². The number of anilines is 12. The van der Waals surface area contributed by atoms with E-state index in [-0.39, 0.29) is 21.7 Å². The third-order valence-corrected chi connectivity index (χ3v) is 32.0. The van der Waals surface area contributed by atoms with Crippen molar-refractivity contribution in [3.8, 4) is 0 Å². The lowest BCUT2D eigenvalue weighted by atomic mass is 9.48. The van der Waals surface area contributed by atoms with E-state index in [0.717, 1.165) is 184 Å². The number of aryl methyl sites for hydroxylation is 4. The van der Waals surface area contributed by atoms with Crippen LogP contribution < -0.4 is 19.6 Å². The van der Waals surface area contributed by atoms with Gasteiger partial charge in [-0.3, -0.25) is 19.6 Å². The van der Waals surface area contributed by atoms with Crippen LogP contribution in [0.15, 0.2) is 200 Å². The van der Waals surface area contributed by atoms with Crippen LogP contribution in [-0.2, 0) is 21.7 Å². The number of nitrogens with zero attached hydrogens (tertiary/aromatic N) is 4. The first-order valence-corrected chi connectivity index (χ1v) is 42.4. The molecule has 12 aromatic rings. The Kier molecular flexibility index (Phi) is 13.8. The quantitative estimate of drug-likeness (QED) is 0.0887. The molecule has 16 aliphatic carbocycles. The minimum absolute atomic E-state index is 0.248. The Morgan fingerprint density at radius 1 is 0.231 bits per heavy atom. The van der Waals surface area contributed by atoms with E-state index >= 15 is 0 Å². The van der Waals surface area contributed by atoms with Crippen molar-refractivity contribution in [2.24, 2.45) is 71.0 Å². The van der Waals surface area contributed by atoms with Gasteiger partial charge < -0.3 is 17.7 Å². The highest BCUT2D eigenvalue weighted by Gasteiger charge is 2.56. The molecular formula is C100H102N4O4. The fraction of sp³-hybridized carbons (Fsp3) is 0.440. The van der Waals surface area contributed by atoms with Crippen LogP contribution in [0.5, 0.6) is 0 Å². The molecule has 8 heteroatoms. The summed E-state index contributed by atoms with van der Waals surface area (Å²) >= 11 is 0. The summed E-state index contributed by atoms with van der Waals surface area (Å²) in [6.07, 6.45) is 40.5. The molecule has 0 saturated heterocycles. The predicted molar refractivity (Wildman–Crippen MR) is 436 cm³/mol. The monoisotopic (exact) mass is 1420 g/mol. The molecule has 8 nitrogen and oxygen atoms in total. The van der Waals surface area contributed by atoms with Gasteiger partial charge in [0.15, 0.2) is 0 Å². The maximum absolute atomic E-state index is 6.96. The van der Waals surface area contributed by atoms with E-state index in [0.29, 0.717) is 0 Å². The zero-order valence-corrected chi connectivity index (χ0v) is 63.6. The molecule has 0 radical (unpaired) electrons. The molecular weight excluding hydrogens is 1320 g/mol. The molecule has 28 rings (SSSR count). The second-order valence-electron chi connectivity index (χ2n) is 38.9. The van der Waals surface area contributed by atoms with E-state index < -0.39 is 0 Å². The molecule has 108 heavy (non-hydrogen) atoms. The molecule has 0 N–H and O–H groups in total. The second kappa shape index (κ2) is 23.3. The van der Waals surface area contributed by atoms with Gasteiger partial charge in [0.1, 0.15) is 0 Å². The van der Waals surface area contributed by atoms with E-state index in [2.05, 4.69) is 205 Å². The predicted octanol–water partition coefficient (Wildman–Crippen LogP) is 27.9. The zero-order valence-electron chi connectivity index (χ0n) is 63.6. The van der Waals surface area contributed by atoms with Gasteiger partial charge >= 0.3 is 0 Å². The van der Waals surface area contributed by atoms with E-state index in [4.69, 9.17) is 17.7 Å². The molecule has 16 aliphatic rings. The van der Waals surface area contributed by atoms with Gasteiger partial charge in [-0.25, -0.2) is 0 Å². The minimum Gasteiger partial charge on any atom is -0.448 e. The number of benzene rings is 8. The van der Waals surface area contributed by atoms with Crippen LogP contribution >= 0.6 is 0 Å². The minimum atomic E-state index is 0.248. The molecule has 16 fully saturated rings. The molecule has 0 aliphatic heterocycles. The topological polar surface area (TPSA) is 65.5 Å². The van der Waals surface area contributed by atoms with Gasteiger partial charge in [0, 0.05) is 77.3 Å². The molecule has 0 unspecified atom stereocenters. The lowest BCUT2D eigenvalue weighted by Crippen LogP contribution is -2.48. The standard InChI is InChI=1S/C100H102N4O4/c1-59-25-29-105-93(59)101(79-13-5-75(6-14-79)97-47-63-33-64(48-97)35-65(34-63)49-97)87-45-88(102(94-60(2)26-30-106-94)80-15-7-76(8-16-80)98-50-66-36-67(51-98)38-68(37-66)52-98)84-23-24-86-90(104(96-62(4)28-32-108-96)82-19-11-78(12-20-82)100-56-72-42-73(57-100)44-74(43-72)58-100)46-89(85-22-21-83(87)91(84)92(85)86)103(95-61(3)27-31-107-95)81-17-9-77(10-18-81)99-53-69-39-70(54-99)41-71(40-69)55-99/h5-32,45-46,63-74H,33-44,47-58H2,1-4H3. The highest BCUT2D eigenvalue weighted by Crippen LogP contribution is 2.67. The molecule has 4 heterocycles. The van der Waals surface area contributed by atoms with Crippen LogP contribution in [0.2, 0.25) is 0 Å². The number of furan rings is 4. The van der Waals surface area contributed by atoms with Gasteiger partial charge in [-0.15, -0.1) is 0 Å². The number of rotatable bonds is 16. The smallest absolute Gasteiger partial charge is 0.207 e.